The van der Waals surface area contributed by atoms with Crippen LogP contribution in [0.4, 0.5) is 0 Å². The van der Waals surface area contributed by atoms with Gasteiger partial charge in [0, 0.05) is 6.04 Å². The molecule has 21 heavy (non-hydrogen) atoms. The zero-order valence-electron chi connectivity index (χ0n) is 12.9. The summed E-state index contributed by atoms with van der Waals surface area (Å²) in [5.74, 6) is 3.44. The summed E-state index contributed by atoms with van der Waals surface area (Å²) < 4.78 is 6.00. The molecule has 4 atom stereocenters. The molecule has 0 spiro atoms. The fraction of sp³-hybridized carbons (Fsp3) is 0.667. The molecule has 0 aromatic heterocycles. The fourth-order valence-corrected chi connectivity index (χ4v) is 4.27. The zero-order valence-corrected chi connectivity index (χ0v) is 13.6. The third-order valence-corrected chi connectivity index (χ3v) is 5.65. The van der Waals surface area contributed by atoms with E-state index in [0.717, 1.165) is 48.0 Å². The van der Waals surface area contributed by atoms with Crippen LogP contribution < -0.4 is 10.5 Å². The molecule has 2 fully saturated rings. The average molecular weight is 308 g/mol. The third kappa shape index (κ3) is 3.54. The van der Waals surface area contributed by atoms with E-state index in [1.807, 2.05) is 12.1 Å². The summed E-state index contributed by atoms with van der Waals surface area (Å²) in [6.07, 6.45) is 7.49. The molecule has 0 aliphatic heterocycles. The molecule has 2 aliphatic carbocycles. The number of halogens is 1. The van der Waals surface area contributed by atoms with E-state index in [2.05, 4.69) is 13.0 Å². The van der Waals surface area contributed by atoms with Gasteiger partial charge >= 0.3 is 0 Å². The molecule has 2 aliphatic rings. The first-order valence-electron chi connectivity index (χ1n) is 8.32. The smallest absolute Gasteiger partial charge is 0.137 e. The molecular weight excluding hydrogens is 282 g/mol. The first-order chi connectivity index (χ1) is 10.2. The second-order valence-electron chi connectivity index (χ2n) is 6.88. The van der Waals surface area contributed by atoms with Crippen molar-refractivity contribution in [1.82, 2.24) is 0 Å². The van der Waals surface area contributed by atoms with Crippen LogP contribution in [0.3, 0.4) is 0 Å². The average Bonchev–Trinajstić information content (AvgIpc) is 3.09. The quantitative estimate of drug-likeness (QED) is 0.843. The van der Waals surface area contributed by atoms with E-state index in [9.17, 15) is 0 Å². The lowest BCUT2D eigenvalue weighted by Gasteiger charge is -2.22. The molecule has 0 radical (unpaired) electrons. The Bertz CT molecular complexity index is 490. The standard InChI is InChI=1S/C18H26ClNO/c1-2-16(20)9-13-4-6-18(17(19)10-13)21-11-15-8-12-3-5-14(15)7-12/h4,6,10,12,14-16H,2-3,5,7-9,11,20H2,1H3. The van der Waals surface area contributed by atoms with Crippen LogP contribution in [0.5, 0.6) is 5.75 Å². The second kappa shape index (κ2) is 6.58. The first kappa shape index (κ1) is 15.2. The lowest BCUT2D eigenvalue weighted by atomic mass is 9.89. The molecular formula is C18H26ClNO. The Morgan fingerprint density at radius 3 is 2.81 bits per heavy atom. The molecule has 116 valence electrons. The Labute approximate surface area is 133 Å². The van der Waals surface area contributed by atoms with Gasteiger partial charge in [0.05, 0.1) is 11.6 Å². The highest BCUT2D eigenvalue weighted by Gasteiger charge is 2.39. The van der Waals surface area contributed by atoms with Crippen LogP contribution >= 0.6 is 11.6 Å². The highest BCUT2D eigenvalue weighted by Crippen LogP contribution is 2.48. The van der Waals surface area contributed by atoms with Gasteiger partial charge in [-0.15, -0.1) is 0 Å². The van der Waals surface area contributed by atoms with E-state index < -0.39 is 0 Å². The Morgan fingerprint density at radius 1 is 1.33 bits per heavy atom. The Balaban J connectivity index is 1.56. The Morgan fingerprint density at radius 2 is 2.19 bits per heavy atom. The number of fused-ring (bicyclic) bond motifs is 2. The molecule has 0 heterocycles. The van der Waals surface area contributed by atoms with Crippen LogP contribution in [-0.4, -0.2) is 12.6 Å². The van der Waals surface area contributed by atoms with Crippen LogP contribution in [0, 0.1) is 17.8 Å². The van der Waals surface area contributed by atoms with Crippen molar-refractivity contribution in [2.75, 3.05) is 6.61 Å². The van der Waals surface area contributed by atoms with Gasteiger partial charge in [-0.1, -0.05) is 31.0 Å². The van der Waals surface area contributed by atoms with Gasteiger partial charge in [-0.3, -0.25) is 0 Å². The first-order valence-corrected chi connectivity index (χ1v) is 8.70. The molecule has 1 aromatic rings. The summed E-state index contributed by atoms with van der Waals surface area (Å²) in [6.45, 7) is 2.94. The van der Waals surface area contributed by atoms with Crippen molar-refractivity contribution in [3.05, 3.63) is 28.8 Å². The van der Waals surface area contributed by atoms with Gasteiger partial charge in [0.25, 0.3) is 0 Å². The number of benzene rings is 1. The van der Waals surface area contributed by atoms with Crippen molar-refractivity contribution in [3.8, 4) is 5.75 Å². The van der Waals surface area contributed by atoms with Crippen LogP contribution in [0.25, 0.3) is 0 Å². The topological polar surface area (TPSA) is 35.2 Å². The summed E-state index contributed by atoms with van der Waals surface area (Å²) >= 11 is 6.35. The van der Waals surface area contributed by atoms with Crippen molar-refractivity contribution in [2.24, 2.45) is 23.5 Å². The normalized spacial score (nSPS) is 28.8. The fourth-order valence-electron chi connectivity index (χ4n) is 4.01. The van der Waals surface area contributed by atoms with Gasteiger partial charge < -0.3 is 10.5 Å². The summed E-state index contributed by atoms with van der Waals surface area (Å²) in [7, 11) is 0. The number of nitrogens with two attached hydrogens (primary N) is 1. The molecule has 0 saturated heterocycles. The van der Waals surface area contributed by atoms with Gasteiger partial charge in [-0.25, -0.2) is 0 Å². The van der Waals surface area contributed by atoms with E-state index in [4.69, 9.17) is 22.1 Å². The lowest BCUT2D eigenvalue weighted by molar-refractivity contribution is 0.195. The van der Waals surface area contributed by atoms with Crippen LogP contribution in [0.1, 0.15) is 44.6 Å². The van der Waals surface area contributed by atoms with Crippen molar-refractivity contribution in [2.45, 2.75) is 51.5 Å². The minimum Gasteiger partial charge on any atom is -0.492 e. The number of rotatable bonds is 6. The van der Waals surface area contributed by atoms with Gasteiger partial charge in [-0.05, 0) is 67.6 Å². The second-order valence-corrected chi connectivity index (χ2v) is 7.29. The molecule has 2 nitrogen and oxygen atoms in total. The van der Waals surface area contributed by atoms with Crippen molar-refractivity contribution < 1.29 is 4.74 Å². The van der Waals surface area contributed by atoms with E-state index in [1.54, 1.807) is 0 Å². The Kier molecular flexibility index (Phi) is 4.75. The van der Waals surface area contributed by atoms with E-state index >= 15 is 0 Å². The van der Waals surface area contributed by atoms with Crippen molar-refractivity contribution in [3.63, 3.8) is 0 Å². The predicted molar refractivity (Wildman–Crippen MR) is 87.9 cm³/mol. The van der Waals surface area contributed by atoms with E-state index in [1.165, 1.54) is 31.2 Å². The van der Waals surface area contributed by atoms with Crippen molar-refractivity contribution in [1.29, 1.82) is 0 Å². The summed E-state index contributed by atoms with van der Waals surface area (Å²) in [6, 6.07) is 6.32. The minimum absolute atomic E-state index is 0.210. The maximum atomic E-state index is 6.35. The molecule has 1 aromatic carbocycles. The van der Waals surface area contributed by atoms with Crippen LogP contribution in [0.15, 0.2) is 18.2 Å². The predicted octanol–water partition coefficient (Wildman–Crippen LogP) is 4.43. The van der Waals surface area contributed by atoms with Crippen LogP contribution in [-0.2, 0) is 6.42 Å². The summed E-state index contributed by atoms with van der Waals surface area (Å²) in [5.41, 5.74) is 7.19. The SMILES string of the molecule is CCC(N)Cc1ccc(OCC2CC3CCC2C3)c(Cl)c1. The van der Waals surface area contributed by atoms with E-state index in [-0.39, 0.29) is 6.04 Å². The lowest BCUT2D eigenvalue weighted by Crippen LogP contribution is -2.21. The maximum Gasteiger partial charge on any atom is 0.137 e. The van der Waals surface area contributed by atoms with Gasteiger partial charge in [0.1, 0.15) is 5.75 Å². The summed E-state index contributed by atoms with van der Waals surface area (Å²) in [5, 5.41) is 0.721. The van der Waals surface area contributed by atoms with Crippen LogP contribution in [0.2, 0.25) is 5.02 Å². The van der Waals surface area contributed by atoms with Gasteiger partial charge in [-0.2, -0.15) is 0 Å². The van der Waals surface area contributed by atoms with Gasteiger partial charge in [0.15, 0.2) is 0 Å². The number of hydrogen-bond donors (Lipinski definition) is 1. The minimum atomic E-state index is 0.210. The highest BCUT2D eigenvalue weighted by atomic mass is 35.5. The molecule has 2 N–H and O–H groups in total. The summed E-state index contributed by atoms with van der Waals surface area (Å²) in [4.78, 5) is 0. The number of ether oxygens (including phenoxy) is 1. The number of hydrogen-bond acceptors (Lipinski definition) is 2. The molecule has 0 amide bonds. The van der Waals surface area contributed by atoms with Gasteiger partial charge in [0.2, 0.25) is 0 Å². The molecule has 2 saturated carbocycles. The largest absolute Gasteiger partial charge is 0.492 e. The molecule has 2 bridgehead atoms. The third-order valence-electron chi connectivity index (χ3n) is 5.36. The van der Waals surface area contributed by atoms with Crippen molar-refractivity contribution >= 4 is 11.6 Å². The maximum absolute atomic E-state index is 6.35. The molecule has 4 unspecified atom stereocenters. The monoisotopic (exact) mass is 307 g/mol. The van der Waals surface area contributed by atoms with E-state index in [0.29, 0.717) is 0 Å². The Hall–Kier alpha value is -0.730. The molecule has 3 heteroatoms. The molecule has 3 rings (SSSR count). The highest BCUT2D eigenvalue weighted by molar-refractivity contribution is 6.32. The zero-order chi connectivity index (χ0) is 14.8.